The lowest BCUT2D eigenvalue weighted by molar-refractivity contribution is -0.143. The van der Waals surface area contributed by atoms with Gasteiger partial charge in [-0.2, -0.15) is 0 Å². The van der Waals surface area contributed by atoms with Crippen LogP contribution in [0.2, 0.25) is 0 Å². The number of unbranched alkanes of at least 4 members (excludes halogenated alkanes) is 51. The molecule has 2 atom stereocenters. The molecule has 0 fully saturated rings. The van der Waals surface area contributed by atoms with E-state index < -0.39 is 12.1 Å². The second-order valence-corrected chi connectivity index (χ2v) is 24.2. The van der Waals surface area contributed by atoms with Crippen molar-refractivity contribution in [3.8, 4) is 0 Å². The minimum atomic E-state index is -0.853. The number of allylic oxidation sites excluding steroid dienone is 5. The number of rotatable bonds is 66. The number of hydrogen-bond donors (Lipinski definition) is 3. The number of ether oxygens (including phenoxy) is 1. The summed E-state index contributed by atoms with van der Waals surface area (Å²) in [5.41, 5.74) is 0. The molecule has 460 valence electrons. The summed E-state index contributed by atoms with van der Waals surface area (Å²) in [6.45, 7) is 4.92. The van der Waals surface area contributed by atoms with Crippen LogP contribution in [0.3, 0.4) is 0 Å². The zero-order chi connectivity index (χ0) is 56.4. The van der Waals surface area contributed by atoms with Gasteiger partial charge in [-0.05, 0) is 83.5 Å². The summed E-state index contributed by atoms with van der Waals surface area (Å²) in [6.07, 6.45) is 86.4. The number of aliphatic hydroxyl groups is 2. The smallest absolute Gasteiger partial charge is 0.305 e. The summed E-state index contributed by atoms with van der Waals surface area (Å²) in [4.78, 5) is 24.6. The van der Waals surface area contributed by atoms with Gasteiger partial charge in [0.25, 0.3) is 0 Å². The van der Waals surface area contributed by atoms with Gasteiger partial charge in [0.15, 0.2) is 0 Å². The van der Waals surface area contributed by atoms with E-state index in [1.165, 1.54) is 308 Å². The maximum Gasteiger partial charge on any atom is 0.305 e. The number of amides is 1. The Labute approximate surface area is 487 Å². The number of nitrogens with one attached hydrogen (secondary N) is 1. The van der Waals surface area contributed by atoms with Crippen molar-refractivity contribution in [2.75, 3.05) is 13.2 Å². The summed E-state index contributed by atoms with van der Waals surface area (Å²) in [6, 6.07) is -0.637. The molecule has 0 rings (SSSR count). The van der Waals surface area contributed by atoms with E-state index >= 15 is 0 Å². The van der Waals surface area contributed by atoms with Crippen LogP contribution in [0.1, 0.15) is 386 Å². The van der Waals surface area contributed by atoms with Crippen LogP contribution in [0.5, 0.6) is 0 Å². The molecule has 0 bridgehead atoms. The highest BCUT2D eigenvalue weighted by Gasteiger charge is 2.18. The summed E-state index contributed by atoms with van der Waals surface area (Å²) in [7, 11) is 0. The lowest BCUT2D eigenvalue weighted by Gasteiger charge is -2.20. The molecule has 0 aliphatic rings. The molecule has 2 unspecified atom stereocenters. The van der Waals surface area contributed by atoms with E-state index in [1.54, 1.807) is 6.08 Å². The third-order valence-corrected chi connectivity index (χ3v) is 16.4. The molecule has 0 heterocycles. The molecule has 0 radical (unpaired) electrons. The average molecular weight is 1100 g/mol. The first kappa shape index (κ1) is 76.1. The molecule has 1 amide bonds. The van der Waals surface area contributed by atoms with E-state index in [4.69, 9.17) is 4.74 Å². The van der Waals surface area contributed by atoms with Crippen molar-refractivity contribution in [2.45, 2.75) is 398 Å². The highest BCUT2D eigenvalue weighted by Crippen LogP contribution is 2.18. The Hall–Kier alpha value is -1.92. The molecule has 6 heteroatoms. The molecular formula is C72H137NO5. The fourth-order valence-corrected chi connectivity index (χ4v) is 11.0. The Balaban J connectivity index is 3.46. The first-order valence-corrected chi connectivity index (χ1v) is 35.3. The third kappa shape index (κ3) is 63.3. The molecule has 0 saturated heterocycles. The van der Waals surface area contributed by atoms with Crippen molar-refractivity contribution in [3.63, 3.8) is 0 Å². The van der Waals surface area contributed by atoms with E-state index in [0.717, 1.165) is 51.4 Å². The van der Waals surface area contributed by atoms with Crippen LogP contribution in [0.15, 0.2) is 36.5 Å². The molecule has 0 aliphatic heterocycles. The van der Waals surface area contributed by atoms with Gasteiger partial charge in [-0.15, -0.1) is 0 Å². The number of hydrogen-bond acceptors (Lipinski definition) is 5. The van der Waals surface area contributed by atoms with Crippen LogP contribution in [0.25, 0.3) is 0 Å². The van der Waals surface area contributed by atoms with Gasteiger partial charge in [0.05, 0.1) is 25.4 Å². The minimum Gasteiger partial charge on any atom is -0.466 e. The summed E-state index contributed by atoms with van der Waals surface area (Å²) >= 11 is 0. The van der Waals surface area contributed by atoms with Gasteiger partial charge in [-0.1, -0.05) is 326 Å². The maximum absolute atomic E-state index is 12.5. The normalized spacial score (nSPS) is 12.7. The SMILES string of the molecule is CCCCCCCC/C=C\CCCCCCCCCC(=O)OCCCCCCCCCC/C=C\CCCCCCCCCC(=O)NC(CO)C(O)/C=C/CCCCCCCCCCCCCCCCCCCCCCCCC. The summed E-state index contributed by atoms with van der Waals surface area (Å²) < 4.78 is 5.49. The van der Waals surface area contributed by atoms with Crippen molar-refractivity contribution in [1.82, 2.24) is 5.32 Å². The van der Waals surface area contributed by atoms with Crippen molar-refractivity contribution in [3.05, 3.63) is 36.5 Å². The van der Waals surface area contributed by atoms with Crippen LogP contribution >= 0.6 is 0 Å². The Morgan fingerprint density at radius 3 is 0.910 bits per heavy atom. The molecule has 3 N–H and O–H groups in total. The van der Waals surface area contributed by atoms with Gasteiger partial charge in [-0.25, -0.2) is 0 Å². The number of esters is 1. The van der Waals surface area contributed by atoms with E-state index in [0.29, 0.717) is 19.4 Å². The van der Waals surface area contributed by atoms with E-state index in [9.17, 15) is 19.8 Å². The Bertz CT molecular complexity index is 1260. The van der Waals surface area contributed by atoms with Gasteiger partial charge in [0.2, 0.25) is 5.91 Å². The van der Waals surface area contributed by atoms with Gasteiger partial charge >= 0.3 is 5.97 Å². The van der Waals surface area contributed by atoms with Crippen molar-refractivity contribution >= 4 is 11.9 Å². The van der Waals surface area contributed by atoms with E-state index in [1.807, 2.05) is 6.08 Å². The van der Waals surface area contributed by atoms with Crippen molar-refractivity contribution in [1.29, 1.82) is 0 Å². The zero-order valence-corrected chi connectivity index (χ0v) is 52.7. The predicted octanol–water partition coefficient (Wildman–Crippen LogP) is 22.7. The highest BCUT2D eigenvalue weighted by molar-refractivity contribution is 5.76. The average Bonchev–Trinajstić information content (AvgIpc) is 3.44. The first-order chi connectivity index (χ1) is 38.5. The topological polar surface area (TPSA) is 95.9 Å². The summed E-state index contributed by atoms with van der Waals surface area (Å²) in [5, 5.41) is 23.3. The standard InChI is InChI=1S/C72H137NO5/c1-3-5-7-9-11-13-15-17-19-21-22-23-24-25-26-27-29-33-36-40-44-48-52-56-60-64-70(75)69(68-74)73-71(76)65-61-57-53-49-45-41-37-34-30-28-31-35-39-43-47-51-55-59-63-67-78-72(77)66-62-58-54-50-46-42-38-32-20-18-16-14-12-10-8-6-4-2/h18,20,28,30,60,64,69-70,74-75H,3-17,19,21-27,29,31-59,61-63,65-68H2,1-2H3,(H,73,76)/b20-18-,30-28-,64-60+. The van der Waals surface area contributed by atoms with Gasteiger partial charge < -0.3 is 20.3 Å². The fourth-order valence-electron chi connectivity index (χ4n) is 11.0. The number of carbonyl (C=O) groups is 2. The minimum absolute atomic E-state index is 0.000584. The molecule has 0 aromatic carbocycles. The second kappa shape index (κ2) is 67.6. The largest absolute Gasteiger partial charge is 0.466 e. The van der Waals surface area contributed by atoms with E-state index in [2.05, 4.69) is 43.5 Å². The van der Waals surface area contributed by atoms with Crippen LogP contribution in [-0.2, 0) is 14.3 Å². The number of carbonyl (C=O) groups excluding carboxylic acids is 2. The monoisotopic (exact) mass is 1100 g/mol. The van der Waals surface area contributed by atoms with Gasteiger partial charge in [0.1, 0.15) is 0 Å². The highest BCUT2D eigenvalue weighted by atomic mass is 16.5. The molecule has 6 nitrogen and oxygen atoms in total. The molecule has 0 aliphatic carbocycles. The van der Waals surface area contributed by atoms with Crippen molar-refractivity contribution in [2.24, 2.45) is 0 Å². The molecular weight excluding hydrogens is 959 g/mol. The van der Waals surface area contributed by atoms with Crippen LogP contribution in [0.4, 0.5) is 0 Å². The maximum atomic E-state index is 12.5. The zero-order valence-electron chi connectivity index (χ0n) is 52.7. The van der Waals surface area contributed by atoms with Gasteiger partial charge in [0, 0.05) is 12.8 Å². The molecule has 0 saturated carbocycles. The fraction of sp³-hybridized carbons (Fsp3) is 0.889. The lowest BCUT2D eigenvalue weighted by Crippen LogP contribution is -2.45. The second-order valence-electron chi connectivity index (χ2n) is 24.2. The Morgan fingerprint density at radius 1 is 0.346 bits per heavy atom. The predicted molar refractivity (Wildman–Crippen MR) is 343 cm³/mol. The van der Waals surface area contributed by atoms with E-state index in [-0.39, 0.29) is 18.5 Å². The Kier molecular flexibility index (Phi) is 65.9. The van der Waals surface area contributed by atoms with Crippen LogP contribution in [-0.4, -0.2) is 47.4 Å². The summed E-state index contributed by atoms with van der Waals surface area (Å²) in [5.74, 6) is -0.0733. The molecule has 0 aromatic heterocycles. The Morgan fingerprint density at radius 2 is 0.603 bits per heavy atom. The molecule has 0 spiro atoms. The molecule has 78 heavy (non-hydrogen) atoms. The van der Waals surface area contributed by atoms with Crippen molar-refractivity contribution < 1.29 is 24.5 Å². The first-order valence-electron chi connectivity index (χ1n) is 35.3. The van der Waals surface area contributed by atoms with Gasteiger partial charge in [-0.3, -0.25) is 9.59 Å². The van der Waals surface area contributed by atoms with Crippen LogP contribution in [0, 0.1) is 0 Å². The lowest BCUT2D eigenvalue weighted by atomic mass is 10.0. The quantitative estimate of drug-likeness (QED) is 0.0320. The number of aliphatic hydroxyl groups excluding tert-OH is 2. The van der Waals surface area contributed by atoms with Crippen LogP contribution < -0.4 is 5.32 Å². The third-order valence-electron chi connectivity index (χ3n) is 16.4. The molecule has 0 aromatic rings.